The lowest BCUT2D eigenvalue weighted by molar-refractivity contribution is -0.136. The van der Waals surface area contributed by atoms with E-state index in [1.54, 1.807) is 11.5 Å². The minimum atomic E-state index is -0.580. The van der Waals surface area contributed by atoms with Crippen LogP contribution in [0, 0.1) is 0 Å². The predicted octanol–water partition coefficient (Wildman–Crippen LogP) is 2.47. The molecule has 158 valence electrons. The van der Waals surface area contributed by atoms with Crippen molar-refractivity contribution in [3.05, 3.63) is 96.7 Å². The number of fused-ring (bicyclic) bond motifs is 1. The van der Waals surface area contributed by atoms with Gasteiger partial charge < -0.3 is 9.64 Å². The third-order valence-electron chi connectivity index (χ3n) is 5.25. The number of thiazole rings is 1. The zero-order valence-electron chi connectivity index (χ0n) is 17.8. The molecule has 1 atom stereocenters. The third-order valence-corrected chi connectivity index (χ3v) is 6.23. The lowest BCUT2D eigenvalue weighted by atomic mass is 9.96. The summed E-state index contributed by atoms with van der Waals surface area (Å²) in [5.74, 6) is -0.483. The van der Waals surface area contributed by atoms with Gasteiger partial charge in [-0.2, -0.15) is 0 Å². The minimum Gasteiger partial charge on any atom is -0.466 e. The Bertz CT molecular complexity index is 1330. The van der Waals surface area contributed by atoms with Gasteiger partial charge in [0.25, 0.3) is 5.56 Å². The number of carbonyl (C=O) groups is 1. The van der Waals surface area contributed by atoms with Gasteiger partial charge in [0.05, 0.1) is 29.0 Å². The summed E-state index contributed by atoms with van der Waals surface area (Å²) >= 11 is 1.32. The van der Waals surface area contributed by atoms with Crippen molar-refractivity contribution in [3.8, 4) is 0 Å². The van der Waals surface area contributed by atoms with Crippen molar-refractivity contribution in [1.82, 2.24) is 4.57 Å². The van der Waals surface area contributed by atoms with Crippen molar-refractivity contribution < 1.29 is 9.53 Å². The molecule has 3 aromatic rings. The van der Waals surface area contributed by atoms with Gasteiger partial charge in [-0.1, -0.05) is 53.8 Å². The smallest absolute Gasteiger partial charge is 0.338 e. The van der Waals surface area contributed by atoms with Gasteiger partial charge in [0.15, 0.2) is 4.80 Å². The maximum atomic E-state index is 13.4. The van der Waals surface area contributed by atoms with E-state index < -0.39 is 12.0 Å². The summed E-state index contributed by atoms with van der Waals surface area (Å²) in [5.41, 5.74) is 3.60. The van der Waals surface area contributed by atoms with E-state index in [4.69, 9.17) is 4.74 Å². The second-order valence-electron chi connectivity index (χ2n) is 7.47. The maximum Gasteiger partial charge on any atom is 0.338 e. The highest BCUT2D eigenvalue weighted by Crippen LogP contribution is 2.30. The number of methoxy groups -OCH3 is 1. The van der Waals surface area contributed by atoms with E-state index in [2.05, 4.69) is 4.99 Å². The van der Waals surface area contributed by atoms with Crippen LogP contribution in [-0.4, -0.2) is 31.7 Å². The van der Waals surface area contributed by atoms with Gasteiger partial charge in [-0.05, 0) is 36.3 Å². The first-order chi connectivity index (χ1) is 14.9. The highest BCUT2D eigenvalue weighted by atomic mass is 32.1. The molecule has 7 heteroatoms. The predicted molar refractivity (Wildman–Crippen MR) is 123 cm³/mol. The molecule has 4 rings (SSSR count). The summed E-state index contributed by atoms with van der Waals surface area (Å²) in [6.07, 6.45) is 1.86. The number of carbonyl (C=O) groups excluding carboxylic acids is 1. The Hall–Kier alpha value is -3.45. The zero-order chi connectivity index (χ0) is 22.1. The molecular weight excluding hydrogens is 410 g/mol. The van der Waals surface area contributed by atoms with E-state index in [1.165, 1.54) is 18.4 Å². The van der Waals surface area contributed by atoms with Crippen LogP contribution < -0.4 is 19.8 Å². The summed E-state index contributed by atoms with van der Waals surface area (Å²) in [5, 5.41) is 0. The SMILES string of the molecule is COC(=O)C1=C(C)N=c2sc(=Cc3ccc(N(C)C)cc3)c(=O)n2[C@@H]1c1ccccc1. The number of rotatable bonds is 4. The maximum absolute atomic E-state index is 13.4. The first-order valence-electron chi connectivity index (χ1n) is 9.84. The fraction of sp³-hybridized carbons (Fsp3) is 0.208. The van der Waals surface area contributed by atoms with E-state index >= 15 is 0 Å². The number of esters is 1. The van der Waals surface area contributed by atoms with Gasteiger partial charge in [0, 0.05) is 19.8 Å². The average Bonchev–Trinajstić information content (AvgIpc) is 3.07. The monoisotopic (exact) mass is 433 g/mol. The highest BCUT2D eigenvalue weighted by molar-refractivity contribution is 7.07. The molecule has 0 saturated carbocycles. The van der Waals surface area contributed by atoms with Crippen LogP contribution in [-0.2, 0) is 9.53 Å². The summed E-state index contributed by atoms with van der Waals surface area (Å²) in [6.45, 7) is 1.78. The van der Waals surface area contributed by atoms with E-state index in [-0.39, 0.29) is 5.56 Å². The number of nitrogens with zero attached hydrogens (tertiary/aromatic N) is 3. The number of aromatic nitrogens is 1. The van der Waals surface area contributed by atoms with E-state index in [0.29, 0.717) is 20.6 Å². The molecule has 0 unspecified atom stereocenters. The first-order valence-corrected chi connectivity index (χ1v) is 10.7. The van der Waals surface area contributed by atoms with Crippen LogP contribution in [0.4, 0.5) is 5.69 Å². The number of hydrogen-bond donors (Lipinski definition) is 0. The van der Waals surface area contributed by atoms with Crippen LogP contribution in [0.5, 0.6) is 0 Å². The molecule has 0 aliphatic carbocycles. The van der Waals surface area contributed by atoms with Crippen LogP contribution >= 0.6 is 11.3 Å². The van der Waals surface area contributed by atoms with Crippen molar-refractivity contribution >= 4 is 29.1 Å². The Morgan fingerprint density at radius 2 is 1.81 bits per heavy atom. The Labute approximate surface area is 184 Å². The second-order valence-corrected chi connectivity index (χ2v) is 8.48. The van der Waals surface area contributed by atoms with Crippen LogP contribution in [0.2, 0.25) is 0 Å². The normalized spacial score (nSPS) is 16.0. The average molecular weight is 434 g/mol. The van der Waals surface area contributed by atoms with E-state index in [9.17, 15) is 9.59 Å². The molecule has 31 heavy (non-hydrogen) atoms. The van der Waals surface area contributed by atoms with Gasteiger partial charge in [-0.25, -0.2) is 9.79 Å². The number of ether oxygens (including phenoxy) is 1. The molecule has 2 aromatic carbocycles. The van der Waals surface area contributed by atoms with E-state index in [0.717, 1.165) is 16.8 Å². The highest BCUT2D eigenvalue weighted by Gasteiger charge is 2.32. The molecule has 1 aliphatic rings. The topological polar surface area (TPSA) is 63.9 Å². The molecule has 0 spiro atoms. The van der Waals surface area contributed by atoms with Crippen LogP contribution in [0.1, 0.15) is 24.1 Å². The summed E-state index contributed by atoms with van der Waals surface area (Å²) in [7, 11) is 5.31. The molecule has 6 nitrogen and oxygen atoms in total. The number of anilines is 1. The largest absolute Gasteiger partial charge is 0.466 e. The van der Waals surface area contributed by atoms with Gasteiger partial charge in [0.2, 0.25) is 0 Å². The summed E-state index contributed by atoms with van der Waals surface area (Å²) < 4.78 is 7.18. The minimum absolute atomic E-state index is 0.178. The van der Waals surface area contributed by atoms with Gasteiger partial charge in [-0.15, -0.1) is 0 Å². The number of benzene rings is 2. The fourth-order valence-electron chi connectivity index (χ4n) is 3.66. The molecule has 1 aromatic heterocycles. The lowest BCUT2D eigenvalue weighted by Crippen LogP contribution is -2.39. The molecule has 0 amide bonds. The molecular formula is C24H23N3O3S. The van der Waals surface area contributed by atoms with Crippen molar-refractivity contribution in [1.29, 1.82) is 0 Å². The van der Waals surface area contributed by atoms with Gasteiger partial charge in [-0.3, -0.25) is 9.36 Å². The fourth-order valence-corrected chi connectivity index (χ4v) is 4.71. The Kier molecular flexibility index (Phi) is 5.61. The quantitative estimate of drug-likeness (QED) is 0.593. The van der Waals surface area contributed by atoms with Gasteiger partial charge in [0.1, 0.15) is 0 Å². The van der Waals surface area contributed by atoms with Gasteiger partial charge >= 0.3 is 5.97 Å². The van der Waals surface area contributed by atoms with Crippen molar-refractivity contribution in [2.24, 2.45) is 4.99 Å². The Morgan fingerprint density at radius 1 is 1.13 bits per heavy atom. The van der Waals surface area contributed by atoms with Crippen molar-refractivity contribution in [3.63, 3.8) is 0 Å². The number of allylic oxidation sites excluding steroid dienone is 1. The van der Waals surface area contributed by atoms with Crippen molar-refractivity contribution in [2.45, 2.75) is 13.0 Å². The van der Waals surface area contributed by atoms with Crippen LogP contribution in [0.3, 0.4) is 0 Å². The molecule has 2 heterocycles. The van der Waals surface area contributed by atoms with E-state index in [1.807, 2.05) is 79.7 Å². The standard InChI is InChI=1S/C24H23N3O3S/c1-15-20(23(29)30-4)21(17-8-6-5-7-9-17)27-22(28)19(31-24(27)25-15)14-16-10-12-18(13-11-16)26(2)3/h5-14,21H,1-4H3/t21-/m1/s1. The summed E-state index contributed by atoms with van der Waals surface area (Å²) in [6, 6.07) is 16.9. The Morgan fingerprint density at radius 3 is 2.42 bits per heavy atom. The van der Waals surface area contributed by atoms with Crippen LogP contribution in [0.25, 0.3) is 6.08 Å². The van der Waals surface area contributed by atoms with Crippen molar-refractivity contribution in [2.75, 3.05) is 26.1 Å². The Balaban J connectivity index is 1.91. The molecule has 1 aliphatic heterocycles. The third kappa shape index (κ3) is 3.84. The second kappa shape index (κ2) is 8.35. The first kappa shape index (κ1) is 20.8. The zero-order valence-corrected chi connectivity index (χ0v) is 18.6. The molecule has 0 bridgehead atoms. The summed E-state index contributed by atoms with van der Waals surface area (Å²) in [4.78, 5) is 33.2. The molecule has 0 saturated heterocycles. The molecule has 0 fully saturated rings. The van der Waals surface area contributed by atoms with Crippen LogP contribution in [0.15, 0.2) is 75.7 Å². The number of hydrogen-bond acceptors (Lipinski definition) is 6. The molecule has 0 radical (unpaired) electrons. The molecule has 0 N–H and O–H groups in total. The lowest BCUT2D eigenvalue weighted by Gasteiger charge is -2.24.